The van der Waals surface area contributed by atoms with E-state index in [2.05, 4.69) is 10.6 Å². The van der Waals surface area contributed by atoms with Crippen LogP contribution in [0.2, 0.25) is 5.02 Å². The van der Waals surface area contributed by atoms with Crippen molar-refractivity contribution in [2.24, 2.45) is 0 Å². The second kappa shape index (κ2) is 9.54. The summed E-state index contributed by atoms with van der Waals surface area (Å²) in [5, 5.41) is 6.11. The number of hydrogen-bond donors (Lipinski definition) is 2. The normalized spacial score (nSPS) is 18.7. The van der Waals surface area contributed by atoms with E-state index in [1.807, 2.05) is 30.3 Å². The number of para-hydroxylation sites is 1. The van der Waals surface area contributed by atoms with Gasteiger partial charge in [0.25, 0.3) is 5.91 Å². The molecule has 4 amide bonds. The van der Waals surface area contributed by atoms with Crippen molar-refractivity contribution in [3.63, 3.8) is 0 Å². The lowest BCUT2D eigenvalue weighted by Gasteiger charge is -2.31. The molecule has 0 unspecified atom stereocenters. The molecule has 0 bridgehead atoms. The Hall–Kier alpha value is -3.52. The Labute approximate surface area is 197 Å². The molecule has 0 saturated heterocycles. The summed E-state index contributed by atoms with van der Waals surface area (Å²) in [6.45, 7) is 2.44. The molecule has 2 aliphatic rings. The first-order valence-corrected chi connectivity index (χ1v) is 11.0. The zero-order valence-corrected chi connectivity index (χ0v) is 19.1. The summed E-state index contributed by atoms with van der Waals surface area (Å²) in [7, 11) is 1.61. The van der Waals surface area contributed by atoms with Crippen LogP contribution in [0.4, 0.5) is 4.79 Å². The zero-order valence-electron chi connectivity index (χ0n) is 18.4. The van der Waals surface area contributed by atoms with E-state index in [9.17, 15) is 14.4 Å². The molecule has 2 aromatic rings. The van der Waals surface area contributed by atoms with Crippen molar-refractivity contribution in [3.05, 3.63) is 76.5 Å². The van der Waals surface area contributed by atoms with E-state index in [0.717, 1.165) is 5.75 Å². The molecule has 0 aliphatic carbocycles. The lowest BCUT2D eigenvalue weighted by Crippen LogP contribution is -2.47. The Bertz CT molecular complexity index is 1100. The molecule has 2 heterocycles. The van der Waals surface area contributed by atoms with Crippen molar-refractivity contribution >= 4 is 29.4 Å². The standard InChI is InChI=1S/C24H25ClN4O4/c1-15(22(30)26-12-13-33-16-8-4-3-5-9-16)29-14-19-20(23(29)31)21(27-24(32)28(19)2)17-10-6-7-11-18(17)25/h3-11,15,21H,12-14H2,1-2H3,(H,26,30)(H,27,32)/t15-,21-/m0/s1. The second-order valence-corrected chi connectivity index (χ2v) is 8.29. The number of carbonyl (C=O) groups excluding carboxylic acids is 3. The zero-order chi connectivity index (χ0) is 23.5. The number of benzene rings is 2. The molecule has 0 radical (unpaired) electrons. The number of urea groups is 1. The molecule has 8 nitrogen and oxygen atoms in total. The smallest absolute Gasteiger partial charge is 0.322 e. The SMILES string of the molecule is C[C@@H](C(=O)NCCOc1ccccc1)N1CC2=C(C1=O)[C@H](c1ccccc1Cl)NC(=O)N2C. The van der Waals surface area contributed by atoms with Crippen molar-refractivity contribution in [1.82, 2.24) is 20.4 Å². The van der Waals surface area contributed by atoms with Gasteiger partial charge in [0.15, 0.2) is 0 Å². The summed E-state index contributed by atoms with van der Waals surface area (Å²) in [6.07, 6.45) is 0. The molecule has 0 saturated carbocycles. The van der Waals surface area contributed by atoms with E-state index in [0.29, 0.717) is 35.0 Å². The summed E-state index contributed by atoms with van der Waals surface area (Å²) < 4.78 is 5.59. The lowest BCUT2D eigenvalue weighted by atomic mass is 9.95. The predicted molar refractivity (Wildman–Crippen MR) is 124 cm³/mol. The van der Waals surface area contributed by atoms with Gasteiger partial charge < -0.3 is 20.3 Å². The van der Waals surface area contributed by atoms with Crippen LogP contribution in [0.1, 0.15) is 18.5 Å². The van der Waals surface area contributed by atoms with Gasteiger partial charge in [-0.25, -0.2) is 4.79 Å². The summed E-state index contributed by atoms with van der Waals surface area (Å²) in [4.78, 5) is 41.6. The van der Waals surface area contributed by atoms with Crippen molar-refractivity contribution in [2.45, 2.75) is 19.0 Å². The lowest BCUT2D eigenvalue weighted by molar-refractivity contribution is -0.135. The number of likely N-dealkylation sites (N-methyl/N-ethyl adjacent to an activating group) is 1. The number of rotatable bonds is 7. The Morgan fingerprint density at radius 1 is 1.18 bits per heavy atom. The van der Waals surface area contributed by atoms with Gasteiger partial charge in [-0.15, -0.1) is 0 Å². The number of halogens is 1. The molecule has 2 N–H and O–H groups in total. The highest BCUT2D eigenvalue weighted by molar-refractivity contribution is 6.31. The van der Waals surface area contributed by atoms with Crippen LogP contribution < -0.4 is 15.4 Å². The van der Waals surface area contributed by atoms with Gasteiger partial charge in [0.1, 0.15) is 18.4 Å². The molecule has 2 aromatic carbocycles. The first kappa shape index (κ1) is 22.7. The van der Waals surface area contributed by atoms with Crippen LogP contribution in [-0.4, -0.2) is 60.4 Å². The van der Waals surface area contributed by atoms with Crippen LogP contribution in [0.3, 0.4) is 0 Å². The van der Waals surface area contributed by atoms with Crippen molar-refractivity contribution in [1.29, 1.82) is 0 Å². The molecule has 2 aliphatic heterocycles. The Morgan fingerprint density at radius 2 is 1.88 bits per heavy atom. The average molecular weight is 469 g/mol. The summed E-state index contributed by atoms with van der Waals surface area (Å²) in [5.41, 5.74) is 1.64. The maximum Gasteiger partial charge on any atom is 0.322 e. The van der Waals surface area contributed by atoms with Crippen LogP contribution in [0.5, 0.6) is 5.75 Å². The molecule has 9 heteroatoms. The van der Waals surface area contributed by atoms with Crippen LogP contribution in [0.25, 0.3) is 0 Å². The van der Waals surface area contributed by atoms with E-state index >= 15 is 0 Å². The third-order valence-corrected chi connectivity index (χ3v) is 6.21. The molecular weight excluding hydrogens is 444 g/mol. The third kappa shape index (κ3) is 4.52. The Kier molecular flexibility index (Phi) is 6.55. The van der Waals surface area contributed by atoms with E-state index in [1.54, 1.807) is 38.2 Å². The van der Waals surface area contributed by atoms with Crippen LogP contribution >= 0.6 is 11.6 Å². The number of carbonyl (C=O) groups is 3. The van der Waals surface area contributed by atoms with E-state index < -0.39 is 12.1 Å². The molecule has 2 atom stereocenters. The van der Waals surface area contributed by atoms with E-state index in [4.69, 9.17) is 16.3 Å². The third-order valence-electron chi connectivity index (χ3n) is 5.86. The maximum absolute atomic E-state index is 13.4. The first-order chi connectivity index (χ1) is 15.9. The molecule has 0 fully saturated rings. The van der Waals surface area contributed by atoms with Gasteiger partial charge in [0, 0.05) is 12.1 Å². The molecule has 4 rings (SSSR count). The fourth-order valence-electron chi connectivity index (χ4n) is 3.99. The molecular formula is C24H25ClN4O4. The second-order valence-electron chi connectivity index (χ2n) is 7.88. The monoisotopic (exact) mass is 468 g/mol. The quantitative estimate of drug-likeness (QED) is 0.611. The fourth-order valence-corrected chi connectivity index (χ4v) is 4.24. The van der Waals surface area contributed by atoms with Crippen molar-refractivity contribution in [3.8, 4) is 5.75 Å². The molecule has 172 valence electrons. The number of hydrogen-bond acceptors (Lipinski definition) is 4. The van der Waals surface area contributed by atoms with Crippen molar-refractivity contribution in [2.75, 3.05) is 26.7 Å². The first-order valence-electron chi connectivity index (χ1n) is 10.7. The van der Waals surface area contributed by atoms with Gasteiger partial charge in [0.2, 0.25) is 5.91 Å². The van der Waals surface area contributed by atoms with Gasteiger partial charge in [-0.05, 0) is 30.7 Å². The predicted octanol–water partition coefficient (Wildman–Crippen LogP) is 2.72. The van der Waals surface area contributed by atoms with Crippen LogP contribution in [0, 0.1) is 0 Å². The van der Waals surface area contributed by atoms with Gasteiger partial charge in [-0.3, -0.25) is 14.5 Å². The van der Waals surface area contributed by atoms with Gasteiger partial charge in [0.05, 0.1) is 30.4 Å². The number of nitrogens with one attached hydrogen (secondary N) is 2. The van der Waals surface area contributed by atoms with Crippen LogP contribution in [0.15, 0.2) is 65.9 Å². The number of nitrogens with zero attached hydrogens (tertiary/aromatic N) is 2. The fraction of sp³-hybridized carbons (Fsp3) is 0.292. The Balaban J connectivity index is 1.44. The minimum absolute atomic E-state index is 0.161. The van der Waals surface area contributed by atoms with Crippen LogP contribution in [-0.2, 0) is 9.59 Å². The highest BCUT2D eigenvalue weighted by Crippen LogP contribution is 2.38. The molecule has 0 spiro atoms. The summed E-state index contributed by atoms with van der Waals surface area (Å²) in [6, 6.07) is 14.7. The average Bonchev–Trinajstić information content (AvgIpc) is 3.17. The van der Waals surface area contributed by atoms with E-state index in [-0.39, 0.29) is 24.4 Å². The summed E-state index contributed by atoms with van der Waals surface area (Å²) >= 11 is 6.36. The van der Waals surface area contributed by atoms with Crippen molar-refractivity contribution < 1.29 is 19.1 Å². The molecule has 0 aromatic heterocycles. The largest absolute Gasteiger partial charge is 0.492 e. The molecule has 33 heavy (non-hydrogen) atoms. The highest BCUT2D eigenvalue weighted by Gasteiger charge is 2.45. The number of ether oxygens (including phenoxy) is 1. The van der Waals surface area contributed by atoms with Gasteiger partial charge in [-0.1, -0.05) is 48.0 Å². The Morgan fingerprint density at radius 3 is 2.61 bits per heavy atom. The topological polar surface area (TPSA) is 91.0 Å². The maximum atomic E-state index is 13.4. The number of amides is 4. The van der Waals surface area contributed by atoms with Gasteiger partial charge in [-0.2, -0.15) is 0 Å². The minimum Gasteiger partial charge on any atom is -0.492 e. The minimum atomic E-state index is -0.727. The van der Waals surface area contributed by atoms with Gasteiger partial charge >= 0.3 is 6.03 Å². The summed E-state index contributed by atoms with van der Waals surface area (Å²) in [5.74, 6) is 0.123. The highest BCUT2D eigenvalue weighted by atomic mass is 35.5. The van der Waals surface area contributed by atoms with E-state index in [1.165, 1.54) is 9.80 Å².